The van der Waals surface area contributed by atoms with Crippen molar-refractivity contribution in [3.05, 3.63) is 64.7 Å². The zero-order valence-electron chi connectivity index (χ0n) is 12.7. The van der Waals surface area contributed by atoms with Crippen molar-refractivity contribution in [2.45, 2.75) is 26.8 Å². The Morgan fingerprint density at radius 3 is 2.30 bits per heavy atom. The summed E-state index contributed by atoms with van der Waals surface area (Å²) < 4.78 is 5.61. The molecule has 2 rings (SSSR count). The van der Waals surface area contributed by atoms with Crippen LogP contribution in [0.2, 0.25) is 0 Å². The highest BCUT2D eigenvalue weighted by atomic mass is 16.5. The standard InChI is InChI=1S/C18H23NO/c1-5-20-16-11-7-10-15(12-16)18(19-4)17-13(2)8-6-9-14(17)3/h6-12,18-19H,5H2,1-4H3. The van der Waals surface area contributed by atoms with Crippen LogP contribution < -0.4 is 10.1 Å². The summed E-state index contributed by atoms with van der Waals surface area (Å²) in [5.41, 5.74) is 5.21. The fraction of sp³-hybridized carbons (Fsp3) is 0.333. The lowest BCUT2D eigenvalue weighted by Gasteiger charge is -2.22. The van der Waals surface area contributed by atoms with Gasteiger partial charge in [-0.3, -0.25) is 0 Å². The molecule has 0 saturated heterocycles. The van der Waals surface area contributed by atoms with Crippen LogP contribution in [0.4, 0.5) is 0 Å². The van der Waals surface area contributed by atoms with Gasteiger partial charge < -0.3 is 10.1 Å². The molecule has 2 nitrogen and oxygen atoms in total. The lowest BCUT2D eigenvalue weighted by atomic mass is 9.91. The maximum Gasteiger partial charge on any atom is 0.119 e. The minimum atomic E-state index is 0.191. The van der Waals surface area contributed by atoms with Crippen molar-refractivity contribution in [3.8, 4) is 5.75 Å². The summed E-state index contributed by atoms with van der Waals surface area (Å²) in [6, 6.07) is 15.0. The molecule has 0 radical (unpaired) electrons. The molecule has 0 spiro atoms. The zero-order chi connectivity index (χ0) is 14.5. The predicted octanol–water partition coefficient (Wildman–Crippen LogP) is 4.01. The van der Waals surface area contributed by atoms with Gasteiger partial charge in [-0.2, -0.15) is 0 Å². The Kier molecular flexibility index (Phi) is 4.80. The summed E-state index contributed by atoms with van der Waals surface area (Å²) in [7, 11) is 2.00. The van der Waals surface area contributed by atoms with Gasteiger partial charge >= 0.3 is 0 Å². The third kappa shape index (κ3) is 3.02. The van der Waals surface area contributed by atoms with Crippen LogP contribution in [0.5, 0.6) is 5.75 Å². The molecule has 2 aromatic carbocycles. The van der Waals surface area contributed by atoms with Crippen LogP contribution in [0.3, 0.4) is 0 Å². The highest BCUT2D eigenvalue weighted by molar-refractivity contribution is 5.43. The molecule has 1 N–H and O–H groups in total. The first-order valence-corrected chi connectivity index (χ1v) is 7.13. The van der Waals surface area contributed by atoms with Crippen LogP contribution >= 0.6 is 0 Å². The maximum atomic E-state index is 5.61. The SMILES string of the molecule is CCOc1cccc(C(NC)c2c(C)cccc2C)c1. The smallest absolute Gasteiger partial charge is 0.119 e. The molecule has 0 saturated carbocycles. The summed E-state index contributed by atoms with van der Waals surface area (Å²) in [4.78, 5) is 0. The number of hydrogen-bond acceptors (Lipinski definition) is 2. The fourth-order valence-electron chi connectivity index (χ4n) is 2.71. The predicted molar refractivity (Wildman–Crippen MR) is 84.4 cm³/mol. The van der Waals surface area contributed by atoms with Crippen molar-refractivity contribution in [2.75, 3.05) is 13.7 Å². The topological polar surface area (TPSA) is 21.3 Å². The number of benzene rings is 2. The van der Waals surface area contributed by atoms with Crippen molar-refractivity contribution >= 4 is 0 Å². The summed E-state index contributed by atoms with van der Waals surface area (Å²) in [5, 5.41) is 3.43. The van der Waals surface area contributed by atoms with Gasteiger partial charge in [-0.15, -0.1) is 0 Å². The van der Waals surface area contributed by atoms with E-state index in [1.54, 1.807) is 0 Å². The molecule has 0 heterocycles. The van der Waals surface area contributed by atoms with Crippen molar-refractivity contribution in [3.63, 3.8) is 0 Å². The molecule has 0 aliphatic heterocycles. The summed E-state index contributed by atoms with van der Waals surface area (Å²) in [6.45, 7) is 7.03. The van der Waals surface area contributed by atoms with Crippen LogP contribution in [0, 0.1) is 13.8 Å². The van der Waals surface area contributed by atoms with Gasteiger partial charge in [0.05, 0.1) is 12.6 Å². The highest BCUT2D eigenvalue weighted by Gasteiger charge is 2.16. The minimum Gasteiger partial charge on any atom is -0.494 e. The molecule has 106 valence electrons. The second-order valence-corrected chi connectivity index (χ2v) is 5.03. The normalized spacial score (nSPS) is 12.2. The minimum absolute atomic E-state index is 0.191. The van der Waals surface area contributed by atoms with Gasteiger partial charge in [0.1, 0.15) is 5.75 Å². The Hall–Kier alpha value is -1.80. The number of rotatable bonds is 5. The monoisotopic (exact) mass is 269 g/mol. The first-order chi connectivity index (χ1) is 9.67. The molecule has 0 fully saturated rings. The molecule has 2 aromatic rings. The van der Waals surface area contributed by atoms with E-state index in [0.29, 0.717) is 6.61 Å². The molecule has 0 bridgehead atoms. The number of ether oxygens (including phenoxy) is 1. The van der Waals surface area contributed by atoms with E-state index in [-0.39, 0.29) is 6.04 Å². The first kappa shape index (κ1) is 14.6. The lowest BCUT2D eigenvalue weighted by molar-refractivity contribution is 0.339. The van der Waals surface area contributed by atoms with Gasteiger partial charge in [-0.1, -0.05) is 30.3 Å². The highest BCUT2D eigenvalue weighted by Crippen LogP contribution is 2.29. The van der Waals surface area contributed by atoms with E-state index in [9.17, 15) is 0 Å². The van der Waals surface area contributed by atoms with Crippen molar-refractivity contribution < 1.29 is 4.74 Å². The molecule has 20 heavy (non-hydrogen) atoms. The number of hydrogen-bond donors (Lipinski definition) is 1. The van der Waals surface area contributed by atoms with E-state index in [2.05, 4.69) is 55.6 Å². The average molecular weight is 269 g/mol. The quantitative estimate of drug-likeness (QED) is 0.885. The molecule has 1 unspecified atom stereocenters. The van der Waals surface area contributed by atoms with Gasteiger partial charge in [0.15, 0.2) is 0 Å². The Labute approximate surface area is 121 Å². The van der Waals surface area contributed by atoms with Crippen molar-refractivity contribution in [2.24, 2.45) is 0 Å². The molecule has 0 aliphatic rings. The molecule has 2 heteroatoms. The number of nitrogens with one attached hydrogen (secondary N) is 1. The van der Waals surface area contributed by atoms with Gasteiger partial charge in [0, 0.05) is 0 Å². The second kappa shape index (κ2) is 6.58. The van der Waals surface area contributed by atoms with Crippen LogP contribution in [0.25, 0.3) is 0 Å². The van der Waals surface area contributed by atoms with E-state index < -0.39 is 0 Å². The number of aryl methyl sites for hydroxylation is 2. The van der Waals surface area contributed by atoms with E-state index in [0.717, 1.165) is 5.75 Å². The summed E-state index contributed by atoms with van der Waals surface area (Å²) in [6.07, 6.45) is 0. The molecular weight excluding hydrogens is 246 g/mol. The van der Waals surface area contributed by atoms with Crippen molar-refractivity contribution in [1.82, 2.24) is 5.32 Å². The fourth-order valence-corrected chi connectivity index (χ4v) is 2.71. The summed E-state index contributed by atoms with van der Waals surface area (Å²) in [5.74, 6) is 0.927. The zero-order valence-corrected chi connectivity index (χ0v) is 12.7. The Bertz CT molecular complexity index is 557. The molecule has 1 atom stereocenters. The average Bonchev–Trinajstić information content (AvgIpc) is 2.44. The Balaban J connectivity index is 2.44. The van der Waals surface area contributed by atoms with Crippen LogP contribution in [0.1, 0.15) is 35.2 Å². The molecule has 0 aliphatic carbocycles. The summed E-state index contributed by atoms with van der Waals surface area (Å²) >= 11 is 0. The van der Waals surface area contributed by atoms with Crippen molar-refractivity contribution in [1.29, 1.82) is 0 Å². The third-order valence-electron chi connectivity index (χ3n) is 3.62. The van der Waals surface area contributed by atoms with E-state index in [1.165, 1.54) is 22.3 Å². The van der Waals surface area contributed by atoms with Crippen LogP contribution in [0.15, 0.2) is 42.5 Å². The second-order valence-electron chi connectivity index (χ2n) is 5.03. The lowest BCUT2D eigenvalue weighted by Crippen LogP contribution is -2.19. The van der Waals surface area contributed by atoms with Gasteiger partial charge in [-0.05, 0) is 62.2 Å². The molecule has 0 aromatic heterocycles. The molecule has 0 amide bonds. The van der Waals surface area contributed by atoms with Gasteiger partial charge in [0.2, 0.25) is 0 Å². The van der Waals surface area contributed by atoms with Gasteiger partial charge in [0.25, 0.3) is 0 Å². The van der Waals surface area contributed by atoms with Crippen LogP contribution in [-0.2, 0) is 0 Å². The molecular formula is C18H23NO. The van der Waals surface area contributed by atoms with E-state index in [4.69, 9.17) is 4.74 Å². The third-order valence-corrected chi connectivity index (χ3v) is 3.62. The maximum absolute atomic E-state index is 5.61. The Morgan fingerprint density at radius 2 is 1.70 bits per heavy atom. The van der Waals surface area contributed by atoms with E-state index in [1.807, 2.05) is 20.0 Å². The van der Waals surface area contributed by atoms with Gasteiger partial charge in [-0.25, -0.2) is 0 Å². The Morgan fingerprint density at radius 1 is 1.05 bits per heavy atom. The first-order valence-electron chi connectivity index (χ1n) is 7.13. The van der Waals surface area contributed by atoms with Crippen LogP contribution in [-0.4, -0.2) is 13.7 Å². The largest absolute Gasteiger partial charge is 0.494 e. The van der Waals surface area contributed by atoms with E-state index >= 15 is 0 Å².